The number of benzene rings is 1. The molecular formula is C14H14N2O2. The fourth-order valence-corrected chi connectivity index (χ4v) is 1.62. The van der Waals surface area contributed by atoms with E-state index in [1.807, 2.05) is 31.2 Å². The second kappa shape index (κ2) is 4.87. The lowest BCUT2D eigenvalue weighted by Gasteiger charge is -2.17. The van der Waals surface area contributed by atoms with E-state index in [2.05, 4.69) is 4.98 Å². The van der Waals surface area contributed by atoms with Gasteiger partial charge in [0.1, 0.15) is 5.75 Å². The van der Waals surface area contributed by atoms with E-state index in [0.29, 0.717) is 5.56 Å². The Kier molecular flexibility index (Phi) is 3.28. The molecule has 0 atom stereocenters. The normalized spacial score (nSPS) is 10.1. The zero-order chi connectivity index (χ0) is 13.1. The van der Waals surface area contributed by atoms with Gasteiger partial charge in [-0.25, -0.2) is 0 Å². The van der Waals surface area contributed by atoms with Gasteiger partial charge in [0.15, 0.2) is 0 Å². The van der Waals surface area contributed by atoms with Gasteiger partial charge in [0.25, 0.3) is 5.91 Å². The fraction of sp³-hybridized carbons (Fsp3) is 0.143. The Morgan fingerprint density at radius 2 is 1.89 bits per heavy atom. The van der Waals surface area contributed by atoms with Crippen molar-refractivity contribution in [3.63, 3.8) is 0 Å². The average molecular weight is 242 g/mol. The van der Waals surface area contributed by atoms with Crippen molar-refractivity contribution in [2.45, 2.75) is 6.92 Å². The Balaban J connectivity index is 2.26. The summed E-state index contributed by atoms with van der Waals surface area (Å²) in [6.07, 6.45) is 2.73. The monoisotopic (exact) mass is 242 g/mol. The Bertz CT molecular complexity index is 564. The lowest BCUT2D eigenvalue weighted by molar-refractivity contribution is 0.0992. The second-order valence-electron chi connectivity index (χ2n) is 4.13. The largest absolute Gasteiger partial charge is 0.506 e. The maximum Gasteiger partial charge on any atom is 0.259 e. The maximum absolute atomic E-state index is 12.2. The molecule has 4 heteroatoms. The molecular weight excluding hydrogens is 228 g/mol. The lowest BCUT2D eigenvalue weighted by Crippen LogP contribution is -2.26. The Hall–Kier alpha value is -2.36. The molecule has 1 amide bonds. The molecule has 1 aromatic carbocycles. The van der Waals surface area contributed by atoms with E-state index in [1.165, 1.54) is 23.4 Å². The van der Waals surface area contributed by atoms with Crippen molar-refractivity contribution in [2.75, 3.05) is 11.9 Å². The first-order valence-corrected chi connectivity index (χ1v) is 5.56. The highest BCUT2D eigenvalue weighted by atomic mass is 16.3. The van der Waals surface area contributed by atoms with Gasteiger partial charge in [-0.1, -0.05) is 17.7 Å². The van der Waals surface area contributed by atoms with E-state index < -0.39 is 0 Å². The summed E-state index contributed by atoms with van der Waals surface area (Å²) in [5.41, 5.74) is 2.30. The Morgan fingerprint density at radius 1 is 1.22 bits per heavy atom. The topological polar surface area (TPSA) is 53.4 Å². The van der Waals surface area contributed by atoms with E-state index in [1.54, 1.807) is 7.05 Å². The molecule has 2 rings (SSSR count). The molecule has 0 aliphatic carbocycles. The first-order valence-electron chi connectivity index (χ1n) is 5.56. The quantitative estimate of drug-likeness (QED) is 0.879. The van der Waals surface area contributed by atoms with Gasteiger partial charge < -0.3 is 10.0 Å². The van der Waals surface area contributed by atoms with Crippen LogP contribution in [0.25, 0.3) is 0 Å². The second-order valence-corrected chi connectivity index (χ2v) is 4.13. The molecule has 0 saturated carbocycles. The van der Waals surface area contributed by atoms with Crippen LogP contribution in [0, 0.1) is 6.92 Å². The smallest absolute Gasteiger partial charge is 0.259 e. The van der Waals surface area contributed by atoms with Gasteiger partial charge in [-0.2, -0.15) is 0 Å². The number of aryl methyl sites for hydroxylation is 1. The van der Waals surface area contributed by atoms with Gasteiger partial charge in [-0.3, -0.25) is 9.78 Å². The third-order valence-electron chi connectivity index (χ3n) is 2.70. The van der Waals surface area contributed by atoms with Crippen LogP contribution in [0.3, 0.4) is 0 Å². The number of hydrogen-bond donors (Lipinski definition) is 1. The van der Waals surface area contributed by atoms with Gasteiger partial charge in [0.05, 0.1) is 11.8 Å². The van der Waals surface area contributed by atoms with E-state index in [4.69, 9.17) is 0 Å². The minimum atomic E-state index is -0.206. The van der Waals surface area contributed by atoms with Crippen LogP contribution in [-0.2, 0) is 0 Å². The summed E-state index contributed by atoms with van der Waals surface area (Å²) in [6.45, 7) is 1.99. The molecule has 4 nitrogen and oxygen atoms in total. The molecule has 1 heterocycles. The highest BCUT2D eigenvalue weighted by molar-refractivity contribution is 6.05. The van der Waals surface area contributed by atoms with Crippen LogP contribution in [0.15, 0.2) is 42.7 Å². The standard InChI is InChI=1S/C14H14N2O2/c1-10-3-5-12(6-4-10)16(2)14(18)11-7-13(17)9-15-8-11/h3-9,17H,1-2H3. The third-order valence-corrected chi connectivity index (χ3v) is 2.70. The van der Waals surface area contributed by atoms with E-state index in [-0.39, 0.29) is 11.7 Å². The van der Waals surface area contributed by atoms with Crippen LogP contribution in [-0.4, -0.2) is 23.0 Å². The highest BCUT2D eigenvalue weighted by Crippen LogP contribution is 2.17. The van der Waals surface area contributed by atoms with Crippen LogP contribution in [0.5, 0.6) is 5.75 Å². The summed E-state index contributed by atoms with van der Waals surface area (Å²) in [6, 6.07) is 9.05. The number of hydrogen-bond acceptors (Lipinski definition) is 3. The van der Waals surface area contributed by atoms with Gasteiger partial charge in [-0.05, 0) is 25.1 Å². The molecule has 0 bridgehead atoms. The van der Waals surface area contributed by atoms with Crippen LogP contribution < -0.4 is 4.90 Å². The molecule has 0 aliphatic heterocycles. The van der Waals surface area contributed by atoms with Crippen molar-refractivity contribution in [2.24, 2.45) is 0 Å². The molecule has 0 radical (unpaired) electrons. The minimum Gasteiger partial charge on any atom is -0.506 e. The number of amides is 1. The van der Waals surface area contributed by atoms with Crippen LogP contribution >= 0.6 is 0 Å². The first-order chi connectivity index (χ1) is 8.58. The zero-order valence-electron chi connectivity index (χ0n) is 10.3. The molecule has 1 aromatic heterocycles. The number of aromatic hydroxyl groups is 1. The Labute approximate surface area is 106 Å². The number of rotatable bonds is 2. The highest BCUT2D eigenvalue weighted by Gasteiger charge is 2.14. The van der Waals surface area contributed by atoms with Gasteiger partial charge >= 0.3 is 0 Å². The van der Waals surface area contributed by atoms with Crippen molar-refractivity contribution in [1.82, 2.24) is 4.98 Å². The predicted molar refractivity (Wildman–Crippen MR) is 69.8 cm³/mol. The minimum absolute atomic E-state index is 0.0156. The molecule has 1 N–H and O–H groups in total. The number of nitrogens with zero attached hydrogens (tertiary/aromatic N) is 2. The molecule has 0 unspecified atom stereocenters. The first kappa shape index (κ1) is 12.1. The van der Waals surface area contributed by atoms with E-state index >= 15 is 0 Å². The molecule has 0 aliphatic rings. The number of carbonyl (C=O) groups excluding carboxylic acids is 1. The zero-order valence-corrected chi connectivity index (χ0v) is 10.3. The summed E-state index contributed by atoms with van der Waals surface area (Å²) >= 11 is 0. The summed E-state index contributed by atoms with van der Waals surface area (Å²) in [5.74, 6) is -0.222. The third kappa shape index (κ3) is 2.48. The summed E-state index contributed by atoms with van der Waals surface area (Å²) < 4.78 is 0. The van der Waals surface area contributed by atoms with E-state index in [9.17, 15) is 9.90 Å². The maximum atomic E-state index is 12.2. The van der Waals surface area contributed by atoms with Crippen LogP contribution in [0.4, 0.5) is 5.69 Å². The van der Waals surface area contributed by atoms with Crippen molar-refractivity contribution in [3.8, 4) is 5.75 Å². The fourth-order valence-electron chi connectivity index (χ4n) is 1.62. The van der Waals surface area contributed by atoms with Gasteiger partial charge in [0.2, 0.25) is 0 Å². The van der Waals surface area contributed by atoms with Crippen LogP contribution in [0.1, 0.15) is 15.9 Å². The predicted octanol–water partition coefficient (Wildman–Crippen LogP) is 2.37. The molecule has 0 spiro atoms. The molecule has 2 aromatic rings. The van der Waals surface area contributed by atoms with Crippen molar-refractivity contribution >= 4 is 11.6 Å². The van der Waals surface area contributed by atoms with Crippen LogP contribution in [0.2, 0.25) is 0 Å². The molecule has 0 saturated heterocycles. The lowest BCUT2D eigenvalue weighted by atomic mass is 10.2. The van der Waals surface area contributed by atoms with Gasteiger partial charge in [0, 0.05) is 18.9 Å². The SMILES string of the molecule is Cc1ccc(N(C)C(=O)c2cncc(O)c2)cc1. The summed E-state index contributed by atoms with van der Waals surface area (Å²) in [7, 11) is 1.69. The van der Waals surface area contributed by atoms with Crippen molar-refractivity contribution < 1.29 is 9.90 Å². The van der Waals surface area contributed by atoms with Gasteiger partial charge in [-0.15, -0.1) is 0 Å². The van der Waals surface area contributed by atoms with Crippen molar-refractivity contribution in [1.29, 1.82) is 0 Å². The summed E-state index contributed by atoms with van der Waals surface area (Å²) in [5, 5.41) is 9.32. The average Bonchev–Trinajstić information content (AvgIpc) is 2.38. The molecule has 0 fully saturated rings. The number of pyridine rings is 1. The van der Waals surface area contributed by atoms with Crippen molar-refractivity contribution in [3.05, 3.63) is 53.9 Å². The number of carbonyl (C=O) groups is 1. The molecule has 92 valence electrons. The molecule has 18 heavy (non-hydrogen) atoms. The number of anilines is 1. The number of aromatic nitrogens is 1. The Morgan fingerprint density at radius 3 is 2.50 bits per heavy atom. The summed E-state index contributed by atoms with van der Waals surface area (Å²) in [4.78, 5) is 17.5. The van der Waals surface area contributed by atoms with E-state index in [0.717, 1.165) is 11.3 Å².